The van der Waals surface area contributed by atoms with Gasteiger partial charge in [0.2, 0.25) is 0 Å². The van der Waals surface area contributed by atoms with Crippen molar-refractivity contribution in [2.75, 3.05) is 5.32 Å². The Morgan fingerprint density at radius 2 is 1.71 bits per heavy atom. The van der Waals surface area contributed by atoms with Gasteiger partial charge in [-0.25, -0.2) is 0 Å². The quantitative estimate of drug-likeness (QED) is 0.730. The first-order valence-electron chi connectivity index (χ1n) is 6.54. The Balaban J connectivity index is 1.80. The lowest BCUT2D eigenvalue weighted by atomic mass is 10.1. The van der Waals surface area contributed by atoms with Crippen LogP contribution in [-0.4, -0.2) is 11.7 Å². The van der Waals surface area contributed by atoms with Gasteiger partial charge in [-0.05, 0) is 48.7 Å². The van der Waals surface area contributed by atoms with Crippen molar-refractivity contribution in [3.05, 3.63) is 65.0 Å². The molecule has 1 amide bonds. The normalized spacial score (nSPS) is 10.5. The van der Waals surface area contributed by atoms with E-state index in [0.29, 0.717) is 16.1 Å². The number of hydrogen-bond acceptors (Lipinski definition) is 3. The summed E-state index contributed by atoms with van der Waals surface area (Å²) in [5, 5.41) is 3.91. The molecule has 3 nitrogen and oxygen atoms in total. The highest BCUT2D eigenvalue weighted by Crippen LogP contribution is 2.26. The molecule has 3 aromatic rings. The maximum Gasteiger partial charge on any atom is 0.265 e. The van der Waals surface area contributed by atoms with Crippen LogP contribution in [-0.2, 0) is 0 Å². The van der Waals surface area contributed by atoms with E-state index in [1.54, 1.807) is 24.3 Å². The lowest BCUT2D eigenvalue weighted by molar-refractivity contribution is 0.101. The van der Waals surface area contributed by atoms with Gasteiger partial charge in [-0.3, -0.25) is 9.59 Å². The van der Waals surface area contributed by atoms with Crippen LogP contribution in [0.1, 0.15) is 27.0 Å². The van der Waals surface area contributed by atoms with Gasteiger partial charge in [0.1, 0.15) is 0 Å². The fourth-order valence-corrected chi connectivity index (χ4v) is 3.03. The molecule has 4 heteroatoms. The number of fused-ring (bicyclic) bond motifs is 1. The summed E-state index contributed by atoms with van der Waals surface area (Å²) in [6.07, 6.45) is 0. The molecule has 0 saturated heterocycles. The average Bonchev–Trinajstić information content (AvgIpc) is 2.92. The summed E-state index contributed by atoms with van der Waals surface area (Å²) in [5.41, 5.74) is 1.32. The average molecular weight is 295 g/mol. The third kappa shape index (κ3) is 2.85. The second-order valence-electron chi connectivity index (χ2n) is 4.74. The first kappa shape index (κ1) is 13.5. The second kappa shape index (κ2) is 5.50. The van der Waals surface area contributed by atoms with Gasteiger partial charge in [0.25, 0.3) is 5.91 Å². The van der Waals surface area contributed by atoms with Gasteiger partial charge in [-0.2, -0.15) is 0 Å². The van der Waals surface area contributed by atoms with E-state index in [1.807, 2.05) is 30.3 Å². The van der Waals surface area contributed by atoms with E-state index < -0.39 is 0 Å². The summed E-state index contributed by atoms with van der Waals surface area (Å²) >= 11 is 1.47. The van der Waals surface area contributed by atoms with Gasteiger partial charge in [0.05, 0.1) is 4.88 Å². The Hall–Kier alpha value is -2.46. The molecule has 0 unspecified atom stereocenters. The standard InChI is InChI=1S/C17H13NO2S/c1-11(19)12-6-8-14(9-7-12)18-17(20)16-10-13-4-2-3-5-15(13)21-16/h2-10H,1H3,(H,18,20). The molecule has 0 aliphatic carbocycles. The Morgan fingerprint density at radius 3 is 2.38 bits per heavy atom. The Labute approximate surface area is 126 Å². The Morgan fingerprint density at radius 1 is 1.00 bits per heavy atom. The van der Waals surface area contributed by atoms with Gasteiger partial charge >= 0.3 is 0 Å². The fraction of sp³-hybridized carbons (Fsp3) is 0.0588. The van der Waals surface area contributed by atoms with E-state index >= 15 is 0 Å². The van der Waals surface area contributed by atoms with Gasteiger partial charge in [0.15, 0.2) is 5.78 Å². The number of carbonyl (C=O) groups excluding carboxylic acids is 2. The molecule has 0 atom stereocenters. The zero-order valence-electron chi connectivity index (χ0n) is 11.4. The van der Waals surface area contributed by atoms with Gasteiger partial charge in [-0.15, -0.1) is 11.3 Å². The van der Waals surface area contributed by atoms with Crippen LogP contribution >= 0.6 is 11.3 Å². The molecule has 0 saturated carbocycles. The summed E-state index contributed by atoms with van der Waals surface area (Å²) in [5.74, 6) is -0.121. The minimum atomic E-state index is -0.133. The Kier molecular flexibility index (Phi) is 3.54. The molecule has 3 rings (SSSR count). The van der Waals surface area contributed by atoms with E-state index in [-0.39, 0.29) is 11.7 Å². The maximum absolute atomic E-state index is 12.2. The molecular formula is C17H13NO2S. The monoisotopic (exact) mass is 295 g/mol. The van der Waals surface area contributed by atoms with Crippen LogP contribution < -0.4 is 5.32 Å². The highest BCUT2D eigenvalue weighted by Gasteiger charge is 2.10. The van der Waals surface area contributed by atoms with Crippen LogP contribution in [0.3, 0.4) is 0 Å². The molecule has 2 aromatic carbocycles. The van der Waals surface area contributed by atoms with E-state index in [2.05, 4.69) is 5.32 Å². The predicted octanol–water partition coefficient (Wildman–Crippen LogP) is 4.36. The van der Waals surface area contributed by atoms with E-state index in [9.17, 15) is 9.59 Å². The van der Waals surface area contributed by atoms with Gasteiger partial charge < -0.3 is 5.32 Å². The second-order valence-corrected chi connectivity index (χ2v) is 5.82. The van der Waals surface area contributed by atoms with Crippen molar-refractivity contribution < 1.29 is 9.59 Å². The van der Waals surface area contributed by atoms with Gasteiger partial charge in [0, 0.05) is 16.0 Å². The maximum atomic E-state index is 12.2. The molecule has 1 N–H and O–H groups in total. The lowest BCUT2D eigenvalue weighted by Gasteiger charge is -2.04. The van der Waals surface area contributed by atoms with E-state index in [4.69, 9.17) is 0 Å². The zero-order valence-corrected chi connectivity index (χ0v) is 12.2. The highest BCUT2D eigenvalue weighted by molar-refractivity contribution is 7.20. The third-order valence-corrected chi connectivity index (χ3v) is 4.31. The number of nitrogens with one attached hydrogen (secondary N) is 1. The molecule has 0 aliphatic heterocycles. The molecule has 0 radical (unpaired) electrons. The predicted molar refractivity (Wildman–Crippen MR) is 86.2 cm³/mol. The first-order chi connectivity index (χ1) is 10.1. The molecule has 0 fully saturated rings. The van der Waals surface area contributed by atoms with Crippen LogP contribution in [0.5, 0.6) is 0 Å². The van der Waals surface area contributed by atoms with Crippen molar-refractivity contribution in [3.8, 4) is 0 Å². The van der Waals surface area contributed by atoms with E-state index in [1.165, 1.54) is 18.3 Å². The SMILES string of the molecule is CC(=O)c1ccc(NC(=O)c2cc3ccccc3s2)cc1. The number of Topliss-reactive ketones (excluding diaryl/α,β-unsaturated/α-hetero) is 1. The molecule has 0 spiro atoms. The molecule has 0 bridgehead atoms. The van der Waals surface area contributed by atoms with E-state index in [0.717, 1.165) is 10.1 Å². The van der Waals surface area contributed by atoms with Gasteiger partial charge in [-0.1, -0.05) is 18.2 Å². The smallest absolute Gasteiger partial charge is 0.265 e. The minimum Gasteiger partial charge on any atom is -0.321 e. The molecule has 0 aliphatic rings. The topological polar surface area (TPSA) is 46.2 Å². The zero-order chi connectivity index (χ0) is 14.8. The number of benzene rings is 2. The van der Waals surface area contributed by atoms with Crippen molar-refractivity contribution in [2.45, 2.75) is 6.92 Å². The number of thiophene rings is 1. The summed E-state index contributed by atoms with van der Waals surface area (Å²) in [7, 11) is 0. The summed E-state index contributed by atoms with van der Waals surface area (Å²) < 4.78 is 1.09. The van der Waals surface area contributed by atoms with Crippen LogP contribution in [0.2, 0.25) is 0 Å². The molecule has 104 valence electrons. The number of hydrogen-bond donors (Lipinski definition) is 1. The summed E-state index contributed by atoms with van der Waals surface area (Å²) in [6.45, 7) is 1.52. The third-order valence-electron chi connectivity index (χ3n) is 3.20. The first-order valence-corrected chi connectivity index (χ1v) is 7.36. The number of amides is 1. The lowest BCUT2D eigenvalue weighted by Crippen LogP contribution is -2.10. The van der Waals surface area contributed by atoms with Crippen LogP contribution in [0.15, 0.2) is 54.6 Å². The number of carbonyl (C=O) groups is 2. The van der Waals surface area contributed by atoms with Crippen molar-refractivity contribution in [3.63, 3.8) is 0 Å². The van der Waals surface area contributed by atoms with Crippen molar-refractivity contribution in [2.24, 2.45) is 0 Å². The summed E-state index contributed by atoms with van der Waals surface area (Å²) in [6, 6.07) is 16.7. The van der Waals surface area contributed by atoms with Crippen molar-refractivity contribution in [1.29, 1.82) is 0 Å². The molecular weight excluding hydrogens is 282 g/mol. The summed E-state index contributed by atoms with van der Waals surface area (Å²) in [4.78, 5) is 24.1. The highest BCUT2D eigenvalue weighted by atomic mass is 32.1. The molecule has 1 aromatic heterocycles. The molecule has 1 heterocycles. The number of rotatable bonds is 3. The van der Waals surface area contributed by atoms with Crippen LogP contribution in [0.4, 0.5) is 5.69 Å². The largest absolute Gasteiger partial charge is 0.321 e. The minimum absolute atomic E-state index is 0.0115. The van der Waals surface area contributed by atoms with Crippen LogP contribution in [0, 0.1) is 0 Å². The molecule has 21 heavy (non-hydrogen) atoms. The van der Waals surface area contributed by atoms with Crippen molar-refractivity contribution in [1.82, 2.24) is 0 Å². The fourth-order valence-electron chi connectivity index (χ4n) is 2.07. The van der Waals surface area contributed by atoms with Crippen LogP contribution in [0.25, 0.3) is 10.1 Å². The number of ketones is 1. The Bertz CT molecular complexity index is 785. The number of anilines is 1. The van der Waals surface area contributed by atoms with Crippen molar-refractivity contribution >= 4 is 38.8 Å².